The SMILES string of the molecule is COC(=O)c1ccc(-n2cc(Br)nc2N)cc1. The maximum Gasteiger partial charge on any atom is 0.337 e. The van der Waals surface area contributed by atoms with E-state index in [2.05, 4.69) is 25.7 Å². The third kappa shape index (κ3) is 2.31. The second-order valence-corrected chi connectivity index (χ2v) is 4.14. The van der Waals surface area contributed by atoms with Crippen LogP contribution >= 0.6 is 15.9 Å². The minimum atomic E-state index is -0.365. The largest absolute Gasteiger partial charge is 0.465 e. The number of nitrogens with zero attached hydrogens (tertiary/aromatic N) is 2. The summed E-state index contributed by atoms with van der Waals surface area (Å²) in [7, 11) is 1.35. The molecule has 0 aliphatic heterocycles. The van der Waals surface area contributed by atoms with E-state index in [9.17, 15) is 4.79 Å². The topological polar surface area (TPSA) is 70.1 Å². The molecule has 1 aromatic carbocycles. The molecule has 0 saturated heterocycles. The maximum absolute atomic E-state index is 11.3. The summed E-state index contributed by atoms with van der Waals surface area (Å²) in [5, 5.41) is 0. The third-order valence-electron chi connectivity index (χ3n) is 2.27. The van der Waals surface area contributed by atoms with Gasteiger partial charge in [0.2, 0.25) is 5.95 Å². The van der Waals surface area contributed by atoms with E-state index in [1.807, 2.05) is 0 Å². The van der Waals surface area contributed by atoms with E-state index in [1.165, 1.54) is 7.11 Å². The first kappa shape index (κ1) is 11.7. The van der Waals surface area contributed by atoms with Crippen molar-refractivity contribution in [3.8, 4) is 5.69 Å². The zero-order valence-corrected chi connectivity index (χ0v) is 10.6. The number of hydrogen-bond donors (Lipinski definition) is 1. The molecule has 0 aliphatic rings. The molecule has 2 N–H and O–H groups in total. The normalized spacial score (nSPS) is 10.2. The van der Waals surface area contributed by atoms with Crippen LogP contribution in [-0.4, -0.2) is 22.6 Å². The lowest BCUT2D eigenvalue weighted by molar-refractivity contribution is 0.0601. The molecule has 1 heterocycles. The third-order valence-corrected chi connectivity index (χ3v) is 2.65. The Labute approximate surface area is 106 Å². The number of nitrogens with two attached hydrogens (primary N) is 1. The van der Waals surface area contributed by atoms with Crippen LogP contribution in [0.3, 0.4) is 0 Å². The van der Waals surface area contributed by atoms with Crippen molar-refractivity contribution in [2.45, 2.75) is 0 Å². The fourth-order valence-electron chi connectivity index (χ4n) is 1.45. The standard InChI is InChI=1S/C11H10BrN3O2/c1-17-10(16)7-2-4-8(5-3-7)15-6-9(12)14-11(15)13/h2-6H,1H3,(H2,13,14). The fraction of sp³-hybridized carbons (Fsp3) is 0.0909. The van der Waals surface area contributed by atoms with E-state index < -0.39 is 0 Å². The van der Waals surface area contributed by atoms with Gasteiger partial charge in [0.25, 0.3) is 0 Å². The molecular weight excluding hydrogens is 286 g/mol. The number of halogens is 1. The summed E-state index contributed by atoms with van der Waals surface area (Å²) < 4.78 is 6.99. The number of carbonyl (C=O) groups is 1. The van der Waals surface area contributed by atoms with Crippen molar-refractivity contribution in [1.82, 2.24) is 9.55 Å². The van der Waals surface area contributed by atoms with Crippen LogP contribution in [0.5, 0.6) is 0 Å². The molecule has 88 valence electrons. The lowest BCUT2D eigenvalue weighted by Gasteiger charge is -2.05. The molecule has 0 fully saturated rings. The van der Waals surface area contributed by atoms with E-state index in [4.69, 9.17) is 5.73 Å². The first-order chi connectivity index (χ1) is 8.11. The van der Waals surface area contributed by atoms with Gasteiger partial charge in [-0.3, -0.25) is 4.57 Å². The lowest BCUT2D eigenvalue weighted by Crippen LogP contribution is -2.03. The van der Waals surface area contributed by atoms with Gasteiger partial charge in [0.05, 0.1) is 12.7 Å². The molecule has 0 aliphatic carbocycles. The Morgan fingerprint density at radius 3 is 2.53 bits per heavy atom. The molecule has 1 aromatic heterocycles. The molecule has 17 heavy (non-hydrogen) atoms. The van der Waals surface area contributed by atoms with Crippen molar-refractivity contribution >= 4 is 27.8 Å². The van der Waals surface area contributed by atoms with Gasteiger partial charge in [-0.25, -0.2) is 9.78 Å². The number of esters is 1. The Morgan fingerprint density at radius 1 is 1.41 bits per heavy atom. The smallest absolute Gasteiger partial charge is 0.337 e. The minimum Gasteiger partial charge on any atom is -0.465 e. The average Bonchev–Trinajstić information content (AvgIpc) is 2.68. The van der Waals surface area contributed by atoms with Crippen molar-refractivity contribution < 1.29 is 9.53 Å². The van der Waals surface area contributed by atoms with E-state index in [1.54, 1.807) is 35.0 Å². The highest BCUT2D eigenvalue weighted by Crippen LogP contribution is 2.18. The van der Waals surface area contributed by atoms with Crippen molar-refractivity contribution in [1.29, 1.82) is 0 Å². The Morgan fingerprint density at radius 2 is 2.06 bits per heavy atom. The highest BCUT2D eigenvalue weighted by Gasteiger charge is 2.07. The van der Waals surface area contributed by atoms with Gasteiger partial charge in [-0.05, 0) is 40.2 Å². The van der Waals surface area contributed by atoms with Crippen LogP contribution in [0.4, 0.5) is 5.95 Å². The number of ether oxygens (including phenoxy) is 1. The van der Waals surface area contributed by atoms with Gasteiger partial charge in [0.15, 0.2) is 0 Å². The number of rotatable bonds is 2. The average molecular weight is 296 g/mol. The number of anilines is 1. The van der Waals surface area contributed by atoms with Gasteiger partial charge in [-0.2, -0.15) is 0 Å². The highest BCUT2D eigenvalue weighted by atomic mass is 79.9. The predicted octanol–water partition coefficient (Wildman–Crippen LogP) is 2.00. The summed E-state index contributed by atoms with van der Waals surface area (Å²) in [6.07, 6.45) is 1.75. The van der Waals surface area contributed by atoms with E-state index >= 15 is 0 Å². The number of aromatic nitrogens is 2. The van der Waals surface area contributed by atoms with Gasteiger partial charge in [-0.1, -0.05) is 0 Å². The molecule has 0 bridgehead atoms. The molecule has 0 saturated carbocycles. The zero-order valence-electron chi connectivity index (χ0n) is 9.05. The van der Waals surface area contributed by atoms with Gasteiger partial charge in [0.1, 0.15) is 4.60 Å². The van der Waals surface area contributed by atoms with Gasteiger partial charge in [-0.15, -0.1) is 0 Å². The second kappa shape index (κ2) is 4.58. The summed E-state index contributed by atoms with van der Waals surface area (Å²) in [6, 6.07) is 6.90. The molecular formula is C11H10BrN3O2. The van der Waals surface area contributed by atoms with Gasteiger partial charge in [0, 0.05) is 11.9 Å². The van der Waals surface area contributed by atoms with Crippen molar-refractivity contribution in [3.05, 3.63) is 40.6 Å². The summed E-state index contributed by atoms with van der Waals surface area (Å²) in [5.74, 6) is 0.0130. The van der Waals surface area contributed by atoms with Crippen LogP contribution in [0.1, 0.15) is 10.4 Å². The van der Waals surface area contributed by atoms with Crippen LogP contribution in [-0.2, 0) is 4.74 Å². The van der Waals surface area contributed by atoms with E-state index in [-0.39, 0.29) is 5.97 Å². The molecule has 0 atom stereocenters. The first-order valence-electron chi connectivity index (χ1n) is 4.81. The van der Waals surface area contributed by atoms with Gasteiger partial charge < -0.3 is 10.5 Å². The number of nitrogen functional groups attached to an aromatic ring is 1. The summed E-state index contributed by atoms with van der Waals surface area (Å²) in [5.41, 5.74) is 7.05. The molecule has 0 spiro atoms. The molecule has 6 heteroatoms. The van der Waals surface area contributed by atoms with Crippen LogP contribution in [0.15, 0.2) is 35.1 Å². The number of benzene rings is 1. The monoisotopic (exact) mass is 295 g/mol. The molecule has 5 nitrogen and oxygen atoms in total. The van der Waals surface area contributed by atoms with Crippen molar-refractivity contribution in [2.24, 2.45) is 0 Å². The minimum absolute atomic E-state index is 0.365. The number of carbonyl (C=O) groups excluding carboxylic acids is 1. The van der Waals surface area contributed by atoms with Crippen molar-refractivity contribution in [2.75, 3.05) is 12.8 Å². The van der Waals surface area contributed by atoms with E-state index in [0.29, 0.717) is 16.1 Å². The molecule has 2 rings (SSSR count). The van der Waals surface area contributed by atoms with Crippen LogP contribution in [0.2, 0.25) is 0 Å². The Kier molecular flexibility index (Phi) is 3.14. The summed E-state index contributed by atoms with van der Waals surface area (Å²) >= 11 is 3.24. The van der Waals surface area contributed by atoms with Crippen LogP contribution in [0.25, 0.3) is 5.69 Å². The predicted molar refractivity (Wildman–Crippen MR) is 67.0 cm³/mol. The summed E-state index contributed by atoms with van der Waals surface area (Å²) in [4.78, 5) is 15.3. The van der Waals surface area contributed by atoms with Crippen LogP contribution in [0, 0.1) is 0 Å². The quantitative estimate of drug-likeness (QED) is 0.861. The zero-order chi connectivity index (χ0) is 12.4. The number of imidazole rings is 1. The Hall–Kier alpha value is -1.82. The molecule has 0 radical (unpaired) electrons. The number of methoxy groups -OCH3 is 1. The Bertz CT molecular complexity index is 548. The van der Waals surface area contributed by atoms with Gasteiger partial charge >= 0.3 is 5.97 Å². The van der Waals surface area contributed by atoms with Crippen molar-refractivity contribution in [3.63, 3.8) is 0 Å². The lowest BCUT2D eigenvalue weighted by atomic mass is 10.2. The Balaban J connectivity index is 2.35. The van der Waals surface area contributed by atoms with Crippen LogP contribution < -0.4 is 5.73 Å². The number of hydrogen-bond acceptors (Lipinski definition) is 4. The highest BCUT2D eigenvalue weighted by molar-refractivity contribution is 9.10. The summed E-state index contributed by atoms with van der Waals surface area (Å²) in [6.45, 7) is 0. The fourth-order valence-corrected chi connectivity index (χ4v) is 1.83. The molecule has 0 unspecified atom stereocenters. The second-order valence-electron chi connectivity index (χ2n) is 3.33. The molecule has 0 amide bonds. The first-order valence-corrected chi connectivity index (χ1v) is 5.60. The molecule has 2 aromatic rings. The maximum atomic E-state index is 11.3. The van der Waals surface area contributed by atoms with E-state index in [0.717, 1.165) is 5.69 Å².